The number of hydrogen-bond donors (Lipinski definition) is 0. The second-order valence-electron chi connectivity index (χ2n) is 3.52. The van der Waals surface area contributed by atoms with E-state index in [1.807, 2.05) is 22.6 Å². The van der Waals surface area contributed by atoms with Gasteiger partial charge in [-0.25, -0.2) is 14.4 Å². The fourth-order valence-corrected chi connectivity index (χ4v) is 2.11. The summed E-state index contributed by atoms with van der Waals surface area (Å²) in [4.78, 5) is 19.6. The number of nitrogens with zero attached hydrogens (tertiary/aromatic N) is 2. The van der Waals surface area contributed by atoms with Gasteiger partial charge in [0.2, 0.25) is 5.28 Å². The summed E-state index contributed by atoms with van der Waals surface area (Å²) in [5.74, 6) is -0.830. The first kappa shape index (κ1) is 13.4. The summed E-state index contributed by atoms with van der Waals surface area (Å²) in [6.07, 6.45) is 1.46. The molecule has 0 aliphatic carbocycles. The van der Waals surface area contributed by atoms with Crippen molar-refractivity contribution >= 4 is 40.0 Å². The van der Waals surface area contributed by atoms with Crippen LogP contribution in [0.2, 0.25) is 5.28 Å². The van der Waals surface area contributed by atoms with Crippen molar-refractivity contribution in [3.05, 3.63) is 56.4 Å². The first-order chi connectivity index (χ1) is 8.58. The summed E-state index contributed by atoms with van der Waals surface area (Å²) in [5, 5.41) is 0.0726. The number of carbonyl (C=O) groups is 1. The molecule has 0 unspecified atom stereocenters. The molecule has 0 spiro atoms. The molecule has 0 saturated heterocycles. The van der Waals surface area contributed by atoms with Crippen LogP contribution in [0.1, 0.15) is 16.1 Å². The van der Waals surface area contributed by atoms with Gasteiger partial charge in [-0.05, 0) is 52.4 Å². The molecule has 0 radical (unpaired) electrons. The normalized spacial score (nSPS) is 10.4. The molecule has 18 heavy (non-hydrogen) atoms. The van der Waals surface area contributed by atoms with Gasteiger partial charge in [0.1, 0.15) is 5.82 Å². The van der Waals surface area contributed by atoms with Gasteiger partial charge in [-0.15, -0.1) is 0 Å². The molecule has 2 aromatic rings. The van der Waals surface area contributed by atoms with Crippen molar-refractivity contribution < 1.29 is 9.18 Å². The summed E-state index contributed by atoms with van der Waals surface area (Å²) >= 11 is 7.47. The third-order valence-electron chi connectivity index (χ3n) is 2.28. The predicted octanol–water partition coefficient (Wildman–Crippen LogP) is 3.30. The molecule has 0 aliphatic heterocycles. The Hall–Kier alpha value is -1.08. The topological polar surface area (TPSA) is 42.9 Å². The van der Waals surface area contributed by atoms with Gasteiger partial charge in [-0.3, -0.25) is 4.79 Å². The lowest BCUT2D eigenvalue weighted by Gasteiger charge is -2.03. The first-order valence-electron chi connectivity index (χ1n) is 5.02. The highest BCUT2D eigenvalue weighted by atomic mass is 127. The average Bonchev–Trinajstić information content (AvgIpc) is 2.32. The van der Waals surface area contributed by atoms with E-state index in [1.165, 1.54) is 12.3 Å². The van der Waals surface area contributed by atoms with Crippen molar-refractivity contribution in [2.75, 3.05) is 0 Å². The molecule has 1 aromatic carbocycles. The van der Waals surface area contributed by atoms with Crippen LogP contribution in [0.5, 0.6) is 0 Å². The lowest BCUT2D eigenvalue weighted by atomic mass is 10.1. The molecule has 1 aromatic heterocycles. The number of carbonyl (C=O) groups excluding carboxylic acids is 1. The molecular formula is C12H7ClFIN2O. The minimum Gasteiger partial charge on any atom is -0.294 e. The second-order valence-corrected chi connectivity index (χ2v) is 5.02. The van der Waals surface area contributed by atoms with Crippen molar-refractivity contribution in [2.24, 2.45) is 0 Å². The fourth-order valence-electron chi connectivity index (χ4n) is 1.45. The van der Waals surface area contributed by atoms with E-state index in [4.69, 9.17) is 11.6 Å². The zero-order valence-electron chi connectivity index (χ0n) is 9.03. The summed E-state index contributed by atoms with van der Waals surface area (Å²) in [7, 11) is 0. The van der Waals surface area contributed by atoms with Crippen LogP contribution >= 0.6 is 34.2 Å². The van der Waals surface area contributed by atoms with Gasteiger partial charge in [0.15, 0.2) is 5.78 Å². The first-order valence-corrected chi connectivity index (χ1v) is 6.48. The maximum absolute atomic E-state index is 13.7. The van der Waals surface area contributed by atoms with Gasteiger partial charge in [-0.2, -0.15) is 0 Å². The van der Waals surface area contributed by atoms with E-state index >= 15 is 0 Å². The minimum atomic E-state index is -0.497. The van der Waals surface area contributed by atoms with E-state index in [0.717, 1.165) is 0 Å². The molecule has 0 atom stereocenters. The van der Waals surface area contributed by atoms with Crippen molar-refractivity contribution in [3.8, 4) is 0 Å². The summed E-state index contributed by atoms with van der Waals surface area (Å²) in [6.45, 7) is 0. The largest absolute Gasteiger partial charge is 0.294 e. The molecule has 3 nitrogen and oxygen atoms in total. The van der Waals surface area contributed by atoms with E-state index in [0.29, 0.717) is 9.26 Å². The van der Waals surface area contributed by atoms with Crippen molar-refractivity contribution in [1.82, 2.24) is 9.97 Å². The second kappa shape index (κ2) is 5.71. The highest BCUT2D eigenvalue weighted by Crippen LogP contribution is 2.17. The molecular weight excluding hydrogens is 370 g/mol. The molecule has 0 fully saturated rings. The quantitative estimate of drug-likeness (QED) is 0.469. The number of ketones is 1. The molecule has 92 valence electrons. The number of rotatable bonds is 3. The fraction of sp³-hybridized carbons (Fsp3) is 0.0833. The van der Waals surface area contributed by atoms with Crippen LogP contribution in [0.25, 0.3) is 0 Å². The predicted molar refractivity (Wildman–Crippen MR) is 74.2 cm³/mol. The maximum Gasteiger partial charge on any atom is 0.222 e. The number of hydrogen-bond acceptors (Lipinski definition) is 3. The van der Waals surface area contributed by atoms with Crippen LogP contribution in [0, 0.1) is 9.39 Å². The van der Waals surface area contributed by atoms with Gasteiger partial charge in [0.05, 0.1) is 17.7 Å². The standard InChI is InChI=1S/C12H7ClFIN2O/c13-12-16-5-4-7(17-12)6-10(18)8-2-1-3-9(15)11(8)14/h1-5H,6H2. The van der Waals surface area contributed by atoms with Gasteiger partial charge < -0.3 is 0 Å². The number of Topliss-reactive ketones (excluding diaryl/α,β-unsaturated/α-hetero) is 1. The Bertz CT molecular complexity index is 606. The van der Waals surface area contributed by atoms with Crippen molar-refractivity contribution in [2.45, 2.75) is 6.42 Å². The Morgan fingerprint density at radius 3 is 2.89 bits per heavy atom. The Balaban J connectivity index is 2.25. The van der Waals surface area contributed by atoms with E-state index in [9.17, 15) is 9.18 Å². The molecule has 6 heteroatoms. The van der Waals surface area contributed by atoms with E-state index in [1.54, 1.807) is 18.2 Å². The molecule has 0 aliphatic rings. The van der Waals surface area contributed by atoms with Crippen LogP contribution in [0.15, 0.2) is 30.5 Å². The minimum absolute atomic E-state index is 0.000741. The van der Waals surface area contributed by atoms with Gasteiger partial charge >= 0.3 is 0 Å². The zero-order chi connectivity index (χ0) is 13.1. The lowest BCUT2D eigenvalue weighted by Crippen LogP contribution is -2.08. The van der Waals surface area contributed by atoms with Crippen LogP contribution in [0.4, 0.5) is 4.39 Å². The Morgan fingerprint density at radius 2 is 2.17 bits per heavy atom. The molecule has 0 N–H and O–H groups in total. The Labute approximate surface area is 122 Å². The van der Waals surface area contributed by atoms with E-state index in [2.05, 4.69) is 9.97 Å². The van der Waals surface area contributed by atoms with E-state index in [-0.39, 0.29) is 23.1 Å². The van der Waals surface area contributed by atoms with E-state index < -0.39 is 5.82 Å². The van der Waals surface area contributed by atoms with Crippen molar-refractivity contribution in [1.29, 1.82) is 0 Å². The number of benzene rings is 1. The maximum atomic E-state index is 13.7. The summed E-state index contributed by atoms with van der Waals surface area (Å²) in [5.41, 5.74) is 0.537. The molecule has 1 heterocycles. The third-order valence-corrected chi connectivity index (χ3v) is 3.29. The summed E-state index contributed by atoms with van der Waals surface area (Å²) in [6, 6.07) is 6.29. The zero-order valence-corrected chi connectivity index (χ0v) is 11.9. The van der Waals surface area contributed by atoms with Gasteiger partial charge in [0.25, 0.3) is 0 Å². The number of halogens is 3. The molecule has 2 rings (SSSR count). The lowest BCUT2D eigenvalue weighted by molar-refractivity contribution is 0.0988. The van der Waals surface area contributed by atoms with Crippen LogP contribution in [0.3, 0.4) is 0 Å². The Morgan fingerprint density at radius 1 is 1.39 bits per heavy atom. The smallest absolute Gasteiger partial charge is 0.222 e. The highest BCUT2D eigenvalue weighted by Gasteiger charge is 2.15. The molecule has 0 saturated carbocycles. The third kappa shape index (κ3) is 3.02. The SMILES string of the molecule is O=C(Cc1ccnc(Cl)n1)c1cccc(I)c1F. The average molecular weight is 377 g/mol. The Kier molecular flexibility index (Phi) is 4.23. The molecule has 0 bridgehead atoms. The van der Waals surface area contributed by atoms with Crippen LogP contribution in [-0.2, 0) is 6.42 Å². The molecule has 0 amide bonds. The monoisotopic (exact) mass is 376 g/mol. The van der Waals surface area contributed by atoms with Crippen LogP contribution < -0.4 is 0 Å². The summed E-state index contributed by atoms with van der Waals surface area (Å²) < 4.78 is 14.2. The van der Waals surface area contributed by atoms with Crippen molar-refractivity contribution in [3.63, 3.8) is 0 Å². The van der Waals surface area contributed by atoms with Crippen LogP contribution in [-0.4, -0.2) is 15.8 Å². The van der Waals surface area contributed by atoms with Gasteiger partial charge in [-0.1, -0.05) is 6.07 Å². The number of aromatic nitrogens is 2. The highest BCUT2D eigenvalue weighted by molar-refractivity contribution is 14.1. The van der Waals surface area contributed by atoms with Gasteiger partial charge in [0, 0.05) is 9.77 Å².